The van der Waals surface area contributed by atoms with Crippen molar-refractivity contribution in [3.63, 3.8) is 0 Å². The third-order valence-corrected chi connectivity index (χ3v) is 5.43. The molecule has 1 aromatic heterocycles. The van der Waals surface area contributed by atoms with Crippen molar-refractivity contribution in [1.29, 1.82) is 0 Å². The lowest BCUT2D eigenvalue weighted by Gasteiger charge is -2.31. The minimum absolute atomic E-state index is 0.0267. The second-order valence-corrected chi connectivity index (χ2v) is 6.89. The number of hydrogen-bond donors (Lipinski definition) is 1. The normalized spacial score (nSPS) is 15.6. The molecule has 3 rings (SSSR count). The average Bonchev–Trinajstić information content (AvgIpc) is 3.10. The zero-order chi connectivity index (χ0) is 16.1. The molecule has 122 valence electrons. The molecule has 1 aliphatic heterocycles. The van der Waals surface area contributed by atoms with Gasteiger partial charge < -0.3 is 10.2 Å². The Bertz CT molecular complexity index is 635. The molecule has 1 N–H and O–H groups in total. The highest BCUT2D eigenvalue weighted by molar-refractivity contribution is 7.11. The summed E-state index contributed by atoms with van der Waals surface area (Å²) in [6.45, 7) is 4.25. The maximum absolute atomic E-state index is 12.3. The van der Waals surface area contributed by atoms with Crippen LogP contribution in [0, 0.1) is 0 Å². The Morgan fingerprint density at radius 1 is 1.26 bits per heavy atom. The van der Waals surface area contributed by atoms with Gasteiger partial charge in [-0.05, 0) is 24.8 Å². The summed E-state index contributed by atoms with van der Waals surface area (Å²) in [5, 5.41) is 13.7. The monoisotopic (exact) mass is 330 g/mol. The summed E-state index contributed by atoms with van der Waals surface area (Å²) in [6, 6.07) is 10.0. The molecular formula is C17H22N4OS. The number of likely N-dealkylation sites (tertiary alicyclic amines) is 1. The van der Waals surface area contributed by atoms with E-state index in [1.165, 1.54) is 0 Å². The first kappa shape index (κ1) is 15.9. The quantitative estimate of drug-likeness (QED) is 0.936. The number of aromatic nitrogens is 2. The summed E-state index contributed by atoms with van der Waals surface area (Å²) in [6.07, 6.45) is 2.88. The van der Waals surface area contributed by atoms with Crippen molar-refractivity contribution >= 4 is 17.4 Å². The van der Waals surface area contributed by atoms with Crippen LogP contribution in [-0.4, -0.2) is 34.2 Å². The molecule has 5 nitrogen and oxygen atoms in total. The Morgan fingerprint density at radius 2 is 2.00 bits per heavy atom. The molecule has 0 aliphatic carbocycles. The molecule has 0 spiro atoms. The lowest BCUT2D eigenvalue weighted by atomic mass is 9.98. The summed E-state index contributed by atoms with van der Waals surface area (Å²) < 4.78 is 0. The molecular weight excluding hydrogens is 308 g/mol. The van der Waals surface area contributed by atoms with Crippen LogP contribution < -0.4 is 5.32 Å². The molecule has 0 saturated carbocycles. The van der Waals surface area contributed by atoms with Gasteiger partial charge in [0.2, 0.25) is 0 Å². The van der Waals surface area contributed by atoms with Crippen molar-refractivity contribution < 1.29 is 4.79 Å². The fourth-order valence-corrected chi connectivity index (χ4v) is 3.74. The van der Waals surface area contributed by atoms with E-state index in [-0.39, 0.29) is 6.03 Å². The number of benzene rings is 1. The molecule has 1 saturated heterocycles. The van der Waals surface area contributed by atoms with Crippen LogP contribution in [0.15, 0.2) is 30.3 Å². The van der Waals surface area contributed by atoms with Gasteiger partial charge in [0.15, 0.2) is 0 Å². The standard InChI is InChI=1S/C17H22N4OS/c1-2-15-19-20-16(23-15)14-8-10-21(11-9-14)17(22)18-12-13-6-4-3-5-7-13/h3-7,14H,2,8-12H2,1H3,(H,18,22). The van der Waals surface area contributed by atoms with Crippen LogP contribution in [0.1, 0.15) is 41.3 Å². The average molecular weight is 330 g/mol. The second kappa shape index (κ2) is 7.55. The highest BCUT2D eigenvalue weighted by atomic mass is 32.1. The Balaban J connectivity index is 1.47. The predicted octanol–water partition coefficient (Wildman–Crippen LogP) is 3.19. The Labute approximate surface area is 140 Å². The van der Waals surface area contributed by atoms with Gasteiger partial charge in [-0.1, -0.05) is 37.3 Å². The van der Waals surface area contributed by atoms with E-state index in [4.69, 9.17) is 0 Å². The first-order chi connectivity index (χ1) is 11.3. The van der Waals surface area contributed by atoms with Crippen molar-refractivity contribution in [2.45, 2.75) is 38.6 Å². The number of urea groups is 1. The van der Waals surface area contributed by atoms with Crippen molar-refractivity contribution in [1.82, 2.24) is 20.4 Å². The molecule has 23 heavy (non-hydrogen) atoms. The number of piperidine rings is 1. The first-order valence-electron chi connectivity index (χ1n) is 8.15. The zero-order valence-electron chi connectivity index (χ0n) is 13.4. The number of nitrogens with one attached hydrogen (secondary N) is 1. The number of carbonyl (C=O) groups excluding carboxylic acids is 1. The zero-order valence-corrected chi connectivity index (χ0v) is 14.2. The number of carbonyl (C=O) groups is 1. The van der Waals surface area contributed by atoms with Crippen molar-refractivity contribution in [3.8, 4) is 0 Å². The minimum atomic E-state index is 0.0267. The van der Waals surface area contributed by atoms with Gasteiger partial charge in [-0.3, -0.25) is 0 Å². The molecule has 6 heteroatoms. The fraction of sp³-hybridized carbons (Fsp3) is 0.471. The van der Waals surface area contributed by atoms with E-state index in [9.17, 15) is 4.79 Å². The summed E-state index contributed by atoms with van der Waals surface area (Å²) in [5.41, 5.74) is 1.12. The van der Waals surface area contributed by atoms with Gasteiger partial charge >= 0.3 is 6.03 Å². The third-order valence-electron chi connectivity index (χ3n) is 4.20. The van der Waals surface area contributed by atoms with Crippen LogP contribution >= 0.6 is 11.3 Å². The predicted molar refractivity (Wildman–Crippen MR) is 91.5 cm³/mol. The van der Waals surface area contributed by atoms with E-state index in [0.29, 0.717) is 12.5 Å². The SMILES string of the molecule is CCc1nnc(C2CCN(C(=O)NCc3ccccc3)CC2)s1. The van der Waals surface area contributed by atoms with Gasteiger partial charge in [-0.15, -0.1) is 21.5 Å². The fourth-order valence-electron chi connectivity index (χ4n) is 2.79. The molecule has 2 heterocycles. The summed E-state index contributed by atoms with van der Waals surface area (Å²) in [5.74, 6) is 0.450. The van der Waals surface area contributed by atoms with E-state index >= 15 is 0 Å². The number of aryl methyl sites for hydroxylation is 1. The lowest BCUT2D eigenvalue weighted by Crippen LogP contribution is -2.43. The van der Waals surface area contributed by atoms with Crippen LogP contribution in [0.4, 0.5) is 4.79 Å². The van der Waals surface area contributed by atoms with Gasteiger partial charge in [-0.2, -0.15) is 0 Å². The third kappa shape index (κ3) is 4.07. The van der Waals surface area contributed by atoms with Gasteiger partial charge in [0, 0.05) is 25.6 Å². The van der Waals surface area contributed by atoms with E-state index in [1.807, 2.05) is 35.2 Å². The first-order valence-corrected chi connectivity index (χ1v) is 8.97. The molecule has 0 bridgehead atoms. The largest absolute Gasteiger partial charge is 0.334 e. The van der Waals surface area contributed by atoms with Crippen LogP contribution in [0.5, 0.6) is 0 Å². The van der Waals surface area contributed by atoms with Crippen LogP contribution in [0.2, 0.25) is 0 Å². The maximum Gasteiger partial charge on any atom is 0.317 e. The highest BCUT2D eigenvalue weighted by Gasteiger charge is 2.25. The minimum Gasteiger partial charge on any atom is -0.334 e. The molecule has 1 aromatic carbocycles. The van der Waals surface area contributed by atoms with Crippen LogP contribution in [0.25, 0.3) is 0 Å². The van der Waals surface area contributed by atoms with Crippen molar-refractivity contribution in [2.75, 3.05) is 13.1 Å². The number of rotatable bonds is 4. The summed E-state index contributed by atoms with van der Waals surface area (Å²) in [7, 11) is 0. The highest BCUT2D eigenvalue weighted by Crippen LogP contribution is 2.30. The molecule has 0 unspecified atom stereocenters. The molecule has 2 aromatic rings. The Morgan fingerprint density at radius 3 is 2.65 bits per heavy atom. The van der Waals surface area contributed by atoms with Crippen LogP contribution in [0.3, 0.4) is 0 Å². The molecule has 0 radical (unpaired) electrons. The van der Waals surface area contributed by atoms with E-state index in [2.05, 4.69) is 22.4 Å². The molecule has 1 fully saturated rings. The smallest absolute Gasteiger partial charge is 0.317 e. The lowest BCUT2D eigenvalue weighted by molar-refractivity contribution is 0.181. The van der Waals surface area contributed by atoms with E-state index in [0.717, 1.165) is 47.9 Å². The Kier molecular flexibility index (Phi) is 5.23. The number of hydrogen-bond acceptors (Lipinski definition) is 4. The topological polar surface area (TPSA) is 58.1 Å². The van der Waals surface area contributed by atoms with Crippen molar-refractivity contribution in [3.05, 3.63) is 45.9 Å². The second-order valence-electron chi connectivity index (χ2n) is 5.79. The number of amides is 2. The molecule has 2 amide bonds. The van der Waals surface area contributed by atoms with E-state index < -0.39 is 0 Å². The maximum atomic E-state index is 12.3. The van der Waals surface area contributed by atoms with Gasteiger partial charge in [0.05, 0.1) is 0 Å². The number of nitrogens with zero attached hydrogens (tertiary/aromatic N) is 3. The van der Waals surface area contributed by atoms with Crippen LogP contribution in [-0.2, 0) is 13.0 Å². The summed E-state index contributed by atoms with van der Waals surface area (Å²) >= 11 is 1.72. The van der Waals surface area contributed by atoms with E-state index in [1.54, 1.807) is 11.3 Å². The van der Waals surface area contributed by atoms with Gasteiger partial charge in [0.25, 0.3) is 0 Å². The van der Waals surface area contributed by atoms with Gasteiger partial charge in [-0.25, -0.2) is 4.79 Å². The summed E-state index contributed by atoms with van der Waals surface area (Å²) in [4.78, 5) is 14.2. The van der Waals surface area contributed by atoms with Gasteiger partial charge in [0.1, 0.15) is 10.0 Å². The Hall–Kier alpha value is -1.95. The van der Waals surface area contributed by atoms with Crippen molar-refractivity contribution in [2.24, 2.45) is 0 Å². The molecule has 1 aliphatic rings. The molecule has 0 atom stereocenters.